The predicted molar refractivity (Wildman–Crippen MR) is 90.0 cm³/mol. The zero-order chi connectivity index (χ0) is 17.5. The lowest BCUT2D eigenvalue weighted by Gasteiger charge is -2.15. The first-order valence-corrected chi connectivity index (χ1v) is 8.47. The molecule has 2 aliphatic rings. The minimum absolute atomic E-state index is 0.130. The van der Waals surface area contributed by atoms with Crippen molar-refractivity contribution >= 4 is 5.91 Å². The number of fused-ring (bicyclic) bond motifs is 1. The molecule has 1 unspecified atom stereocenters. The van der Waals surface area contributed by atoms with E-state index in [1.807, 2.05) is 18.2 Å². The number of amides is 1. The average molecular weight is 352 g/mol. The van der Waals surface area contributed by atoms with E-state index in [1.165, 1.54) is 0 Å². The summed E-state index contributed by atoms with van der Waals surface area (Å²) in [6.07, 6.45) is 2.45. The highest BCUT2D eigenvalue weighted by Gasteiger charge is 2.30. The lowest BCUT2D eigenvalue weighted by atomic mass is 9.98. The number of aromatic nitrogens is 1. The van der Waals surface area contributed by atoms with E-state index >= 15 is 0 Å². The number of hydrogen-bond acceptors (Lipinski definition) is 6. The lowest BCUT2D eigenvalue weighted by molar-refractivity contribution is 0.0780. The molecule has 1 saturated heterocycles. The third kappa shape index (κ3) is 2.52. The first kappa shape index (κ1) is 15.1. The van der Waals surface area contributed by atoms with Gasteiger partial charge in [0, 0.05) is 25.1 Å². The number of carbonyl (C=O) groups excluding carboxylic acids is 1. The van der Waals surface area contributed by atoms with Crippen LogP contribution in [0.1, 0.15) is 28.4 Å². The van der Waals surface area contributed by atoms with Crippen LogP contribution in [0, 0.1) is 0 Å². The highest BCUT2D eigenvalue weighted by atomic mass is 16.7. The smallest absolute Gasteiger partial charge is 0.276 e. The van der Waals surface area contributed by atoms with E-state index in [4.69, 9.17) is 18.4 Å². The van der Waals surface area contributed by atoms with Crippen molar-refractivity contribution in [2.75, 3.05) is 19.9 Å². The van der Waals surface area contributed by atoms with Crippen LogP contribution in [0.5, 0.6) is 11.5 Å². The molecule has 1 amide bonds. The number of benzene rings is 1. The number of nitrogens with zero attached hydrogens (tertiary/aromatic N) is 2. The van der Waals surface area contributed by atoms with Crippen molar-refractivity contribution in [3.8, 4) is 23.0 Å². The van der Waals surface area contributed by atoms with Crippen molar-refractivity contribution in [1.82, 2.24) is 10.1 Å². The minimum atomic E-state index is -0.130. The minimum Gasteiger partial charge on any atom is -0.461 e. The van der Waals surface area contributed by atoms with Gasteiger partial charge in [-0.15, -0.1) is 0 Å². The molecular weight excluding hydrogens is 336 g/mol. The summed E-state index contributed by atoms with van der Waals surface area (Å²) in [4.78, 5) is 14.5. The van der Waals surface area contributed by atoms with Crippen LogP contribution in [0.3, 0.4) is 0 Å². The lowest BCUT2D eigenvalue weighted by Crippen LogP contribution is -2.28. The van der Waals surface area contributed by atoms with Gasteiger partial charge in [0.05, 0.1) is 6.26 Å². The van der Waals surface area contributed by atoms with Gasteiger partial charge in [0.15, 0.2) is 23.0 Å². The van der Waals surface area contributed by atoms with Crippen molar-refractivity contribution < 1.29 is 23.2 Å². The Balaban J connectivity index is 1.30. The van der Waals surface area contributed by atoms with E-state index < -0.39 is 0 Å². The molecule has 0 bridgehead atoms. The van der Waals surface area contributed by atoms with Crippen LogP contribution in [0.2, 0.25) is 0 Å². The van der Waals surface area contributed by atoms with E-state index in [2.05, 4.69) is 5.16 Å². The molecule has 0 saturated carbocycles. The second kappa shape index (κ2) is 5.94. The first-order valence-electron chi connectivity index (χ1n) is 8.47. The van der Waals surface area contributed by atoms with Gasteiger partial charge in [0.1, 0.15) is 0 Å². The average Bonchev–Trinajstić information content (AvgIpc) is 3.47. The topological polar surface area (TPSA) is 77.9 Å². The number of rotatable bonds is 3. The maximum absolute atomic E-state index is 12.7. The Morgan fingerprint density at radius 1 is 1.12 bits per heavy atom. The summed E-state index contributed by atoms with van der Waals surface area (Å²) >= 11 is 0. The van der Waals surface area contributed by atoms with E-state index in [-0.39, 0.29) is 18.6 Å². The Bertz CT molecular complexity index is 947. The van der Waals surface area contributed by atoms with Gasteiger partial charge in [-0.2, -0.15) is 0 Å². The quantitative estimate of drug-likeness (QED) is 0.720. The molecule has 26 heavy (non-hydrogen) atoms. The highest BCUT2D eigenvalue weighted by molar-refractivity contribution is 5.93. The third-order valence-electron chi connectivity index (χ3n) is 4.84. The summed E-state index contributed by atoms with van der Waals surface area (Å²) in [5.41, 5.74) is 1.45. The summed E-state index contributed by atoms with van der Waals surface area (Å²) in [5, 5.41) is 3.90. The summed E-state index contributed by atoms with van der Waals surface area (Å²) < 4.78 is 21.3. The van der Waals surface area contributed by atoms with Crippen molar-refractivity contribution in [3.63, 3.8) is 0 Å². The number of likely N-dealkylation sites (tertiary alicyclic amines) is 1. The molecular formula is C19H16N2O5. The SMILES string of the molecule is O=C(c1cc(-c2ccco2)on1)N1CCC(c2ccc3c(c2)OCO3)C1. The van der Waals surface area contributed by atoms with Crippen LogP contribution in [0.25, 0.3) is 11.5 Å². The fourth-order valence-electron chi connectivity index (χ4n) is 3.46. The second-order valence-electron chi connectivity index (χ2n) is 6.40. The van der Waals surface area contributed by atoms with Crippen LogP contribution in [0.4, 0.5) is 0 Å². The number of carbonyl (C=O) groups is 1. The van der Waals surface area contributed by atoms with Crippen LogP contribution in [-0.2, 0) is 0 Å². The van der Waals surface area contributed by atoms with Crippen molar-refractivity contribution in [2.24, 2.45) is 0 Å². The molecule has 132 valence electrons. The molecule has 4 heterocycles. The Morgan fingerprint density at radius 3 is 2.92 bits per heavy atom. The van der Waals surface area contributed by atoms with Crippen molar-refractivity contribution in [1.29, 1.82) is 0 Å². The van der Waals surface area contributed by atoms with Gasteiger partial charge >= 0.3 is 0 Å². The van der Waals surface area contributed by atoms with Crippen molar-refractivity contribution in [3.05, 3.63) is 53.9 Å². The van der Waals surface area contributed by atoms with Gasteiger partial charge in [-0.25, -0.2) is 0 Å². The van der Waals surface area contributed by atoms with Gasteiger partial charge in [-0.05, 0) is 36.2 Å². The Kier molecular flexibility index (Phi) is 3.44. The molecule has 7 nitrogen and oxygen atoms in total. The molecule has 2 aliphatic heterocycles. The zero-order valence-corrected chi connectivity index (χ0v) is 13.9. The molecule has 1 aromatic carbocycles. The Hall–Kier alpha value is -3.22. The van der Waals surface area contributed by atoms with Crippen LogP contribution in [-0.4, -0.2) is 35.8 Å². The molecule has 1 fully saturated rings. The molecule has 1 atom stereocenters. The van der Waals surface area contributed by atoms with Gasteiger partial charge in [-0.1, -0.05) is 11.2 Å². The van der Waals surface area contributed by atoms with Gasteiger partial charge in [0.25, 0.3) is 5.91 Å². The molecule has 2 aromatic heterocycles. The normalized spacial score (nSPS) is 18.5. The number of ether oxygens (including phenoxy) is 2. The van der Waals surface area contributed by atoms with Crippen LogP contribution in [0.15, 0.2) is 51.6 Å². The highest BCUT2D eigenvalue weighted by Crippen LogP contribution is 2.37. The standard InChI is InChI=1S/C19H16N2O5/c22-19(14-9-18(26-20-14)15-2-1-7-23-15)21-6-5-13(10-21)12-3-4-16-17(8-12)25-11-24-16/h1-4,7-9,13H,5-6,10-11H2. The van der Waals surface area contributed by atoms with E-state index in [9.17, 15) is 4.79 Å². The van der Waals surface area contributed by atoms with Gasteiger partial charge in [-0.3, -0.25) is 4.79 Å². The monoisotopic (exact) mass is 352 g/mol. The summed E-state index contributed by atoms with van der Waals surface area (Å²) in [7, 11) is 0. The van der Waals surface area contributed by atoms with E-state index in [1.54, 1.807) is 29.4 Å². The van der Waals surface area contributed by atoms with Crippen LogP contribution < -0.4 is 9.47 Å². The molecule has 0 N–H and O–H groups in total. The maximum atomic E-state index is 12.7. The maximum Gasteiger partial charge on any atom is 0.276 e. The van der Waals surface area contributed by atoms with Gasteiger partial charge < -0.3 is 23.3 Å². The van der Waals surface area contributed by atoms with Gasteiger partial charge in [0.2, 0.25) is 12.6 Å². The summed E-state index contributed by atoms with van der Waals surface area (Å²) in [6.45, 7) is 1.58. The second-order valence-corrected chi connectivity index (χ2v) is 6.40. The number of furan rings is 1. The summed E-state index contributed by atoms with van der Waals surface area (Å²) in [5.74, 6) is 2.68. The molecule has 3 aromatic rings. The number of hydrogen-bond donors (Lipinski definition) is 0. The van der Waals surface area contributed by atoms with Crippen molar-refractivity contribution in [2.45, 2.75) is 12.3 Å². The predicted octanol–water partition coefficient (Wildman–Crippen LogP) is 3.29. The molecule has 0 radical (unpaired) electrons. The molecule has 0 aliphatic carbocycles. The third-order valence-corrected chi connectivity index (χ3v) is 4.84. The molecule has 0 spiro atoms. The summed E-state index contributed by atoms with van der Waals surface area (Å²) in [6, 6.07) is 11.1. The van der Waals surface area contributed by atoms with E-state index in [0.29, 0.717) is 30.3 Å². The fraction of sp³-hybridized carbons (Fsp3) is 0.263. The Morgan fingerprint density at radius 2 is 2.04 bits per heavy atom. The van der Waals surface area contributed by atoms with Crippen LogP contribution >= 0.6 is 0 Å². The first-order chi connectivity index (χ1) is 12.8. The zero-order valence-electron chi connectivity index (χ0n) is 13.9. The molecule has 5 rings (SSSR count). The van der Waals surface area contributed by atoms with E-state index in [0.717, 1.165) is 23.5 Å². The Labute approximate surface area is 149 Å². The molecule has 7 heteroatoms. The largest absolute Gasteiger partial charge is 0.461 e. The fourth-order valence-corrected chi connectivity index (χ4v) is 3.46.